The zero-order valence-corrected chi connectivity index (χ0v) is 15.3. The molecule has 0 bridgehead atoms. The maximum atomic E-state index is 14.9. The summed E-state index contributed by atoms with van der Waals surface area (Å²) in [6, 6.07) is 4.50. The van der Waals surface area contributed by atoms with E-state index in [1.165, 1.54) is 18.3 Å². The number of esters is 1. The van der Waals surface area contributed by atoms with Gasteiger partial charge in [-0.3, -0.25) is 0 Å². The molecule has 136 valence electrons. The number of halogens is 1. The van der Waals surface area contributed by atoms with Gasteiger partial charge in [-0.2, -0.15) is 15.4 Å². The van der Waals surface area contributed by atoms with Crippen molar-refractivity contribution in [2.24, 2.45) is 11.1 Å². The Kier molecular flexibility index (Phi) is 5.27. The molecule has 0 fully saturated rings. The highest BCUT2D eigenvalue weighted by atomic mass is 19.1. The van der Waals surface area contributed by atoms with E-state index in [9.17, 15) is 9.18 Å². The first kappa shape index (κ1) is 19.1. The first-order valence-corrected chi connectivity index (χ1v) is 8.19. The van der Waals surface area contributed by atoms with Gasteiger partial charge in [0, 0.05) is 11.1 Å². The number of nitrogens with zero attached hydrogens (tertiary/aromatic N) is 2. The Balaban J connectivity index is 2.48. The maximum absolute atomic E-state index is 14.9. The van der Waals surface area contributed by atoms with Crippen LogP contribution in [0.1, 0.15) is 46.6 Å². The summed E-state index contributed by atoms with van der Waals surface area (Å²) >= 11 is 0. The molecule has 0 amide bonds. The van der Waals surface area contributed by atoms with Gasteiger partial charge < -0.3 is 10.5 Å². The number of aromatic nitrogens is 3. The third kappa shape index (κ3) is 4.42. The summed E-state index contributed by atoms with van der Waals surface area (Å²) in [5.74, 6) is -1.21. The highest BCUT2D eigenvalue weighted by molar-refractivity contribution is 5.83. The second-order valence-electron chi connectivity index (χ2n) is 7.71. The van der Waals surface area contributed by atoms with E-state index in [1.54, 1.807) is 19.9 Å². The molecule has 0 radical (unpaired) electrons. The van der Waals surface area contributed by atoms with Crippen LogP contribution in [0, 0.1) is 11.2 Å². The van der Waals surface area contributed by atoms with Crippen molar-refractivity contribution in [2.45, 2.75) is 52.7 Å². The second-order valence-corrected chi connectivity index (χ2v) is 7.71. The molecule has 3 N–H and O–H groups in total. The Morgan fingerprint density at radius 1 is 1.36 bits per heavy atom. The lowest BCUT2D eigenvalue weighted by Crippen LogP contribution is -2.49. The normalized spacial score (nSPS) is 14.4. The molecule has 1 aromatic carbocycles. The quantitative estimate of drug-likeness (QED) is 0.810. The molecule has 1 atom stereocenters. The van der Waals surface area contributed by atoms with Crippen molar-refractivity contribution in [1.29, 1.82) is 0 Å². The highest BCUT2D eigenvalue weighted by Crippen LogP contribution is 2.36. The molecule has 0 saturated heterocycles. The molecule has 1 heterocycles. The number of carbonyl (C=O) groups excluding carboxylic acids is 1. The van der Waals surface area contributed by atoms with Crippen LogP contribution in [0.3, 0.4) is 0 Å². The number of rotatable bonds is 5. The van der Waals surface area contributed by atoms with Crippen LogP contribution in [0.4, 0.5) is 4.39 Å². The van der Waals surface area contributed by atoms with E-state index in [-0.39, 0.29) is 23.5 Å². The summed E-state index contributed by atoms with van der Waals surface area (Å²) in [6.07, 6.45) is 1.39. The van der Waals surface area contributed by atoms with Crippen LogP contribution in [-0.4, -0.2) is 27.5 Å². The van der Waals surface area contributed by atoms with E-state index in [4.69, 9.17) is 10.5 Å². The van der Waals surface area contributed by atoms with Crippen molar-refractivity contribution >= 4 is 5.97 Å². The number of nitrogens with two attached hydrogens (primary N) is 1. The number of hydrogen-bond donors (Lipinski definition) is 2. The fourth-order valence-electron chi connectivity index (χ4n) is 2.81. The van der Waals surface area contributed by atoms with Gasteiger partial charge in [-0.15, -0.1) is 0 Å². The van der Waals surface area contributed by atoms with Gasteiger partial charge in [0.25, 0.3) is 0 Å². The average Bonchev–Trinajstić information content (AvgIpc) is 2.98. The molecule has 2 aromatic rings. The summed E-state index contributed by atoms with van der Waals surface area (Å²) in [6.45, 7) is 9.30. The van der Waals surface area contributed by atoms with E-state index in [0.717, 1.165) is 0 Å². The van der Waals surface area contributed by atoms with Gasteiger partial charge in [-0.1, -0.05) is 32.9 Å². The van der Waals surface area contributed by atoms with Crippen molar-refractivity contribution in [2.75, 3.05) is 0 Å². The van der Waals surface area contributed by atoms with Crippen LogP contribution in [0.2, 0.25) is 0 Å². The molecule has 0 unspecified atom stereocenters. The fourth-order valence-corrected chi connectivity index (χ4v) is 2.81. The molecule has 0 aliphatic carbocycles. The van der Waals surface area contributed by atoms with Crippen LogP contribution in [0.5, 0.6) is 0 Å². The Hall–Kier alpha value is -2.28. The third-order valence-electron chi connectivity index (χ3n) is 3.68. The van der Waals surface area contributed by atoms with E-state index in [0.29, 0.717) is 11.3 Å². The SMILES string of the molecule is CC(C)OC(=O)[C@@](N)(CC(C)(C)C)c1ccc(-c2cn[nH]n2)cc1F. The lowest BCUT2D eigenvalue weighted by atomic mass is 9.76. The summed E-state index contributed by atoms with van der Waals surface area (Å²) in [5, 5.41) is 10.1. The number of H-pyrrole nitrogens is 1. The minimum atomic E-state index is -1.57. The van der Waals surface area contributed by atoms with Gasteiger partial charge in [-0.05, 0) is 31.7 Å². The molecule has 0 aliphatic heterocycles. The van der Waals surface area contributed by atoms with Crippen LogP contribution < -0.4 is 5.73 Å². The van der Waals surface area contributed by atoms with Crippen molar-refractivity contribution < 1.29 is 13.9 Å². The molecule has 0 aliphatic rings. The smallest absolute Gasteiger partial charge is 0.331 e. The fraction of sp³-hybridized carbons (Fsp3) is 0.500. The molecule has 2 rings (SSSR count). The minimum absolute atomic E-state index is 0.111. The van der Waals surface area contributed by atoms with Gasteiger partial charge in [0.15, 0.2) is 0 Å². The molecule has 7 heteroatoms. The molecule has 0 saturated carbocycles. The zero-order valence-electron chi connectivity index (χ0n) is 15.3. The number of nitrogens with one attached hydrogen (secondary N) is 1. The number of benzene rings is 1. The lowest BCUT2D eigenvalue weighted by Gasteiger charge is -2.34. The van der Waals surface area contributed by atoms with Crippen molar-refractivity contribution in [3.05, 3.63) is 35.8 Å². The Bertz CT molecular complexity index is 738. The monoisotopic (exact) mass is 348 g/mol. The van der Waals surface area contributed by atoms with Gasteiger partial charge >= 0.3 is 5.97 Å². The second kappa shape index (κ2) is 6.92. The topological polar surface area (TPSA) is 93.9 Å². The van der Waals surface area contributed by atoms with Crippen LogP contribution >= 0.6 is 0 Å². The van der Waals surface area contributed by atoms with E-state index in [2.05, 4.69) is 15.4 Å². The summed E-state index contributed by atoms with van der Waals surface area (Å²) in [7, 11) is 0. The molecule has 0 spiro atoms. The van der Waals surface area contributed by atoms with Gasteiger partial charge in [0.1, 0.15) is 17.1 Å². The third-order valence-corrected chi connectivity index (χ3v) is 3.68. The predicted octanol–water partition coefficient (Wildman–Crippen LogP) is 3.15. The van der Waals surface area contributed by atoms with Crippen LogP contribution in [0.15, 0.2) is 24.4 Å². The average molecular weight is 348 g/mol. The lowest BCUT2D eigenvalue weighted by molar-refractivity contribution is -0.156. The van der Waals surface area contributed by atoms with Gasteiger partial charge in [-0.25, -0.2) is 9.18 Å². The van der Waals surface area contributed by atoms with Gasteiger partial charge in [0.05, 0.1) is 12.3 Å². The molecule has 6 nitrogen and oxygen atoms in total. The van der Waals surface area contributed by atoms with Crippen molar-refractivity contribution in [1.82, 2.24) is 15.4 Å². The molecular formula is C18H25FN4O2. The Morgan fingerprint density at radius 2 is 2.04 bits per heavy atom. The molecular weight excluding hydrogens is 323 g/mol. The van der Waals surface area contributed by atoms with Crippen molar-refractivity contribution in [3.63, 3.8) is 0 Å². The van der Waals surface area contributed by atoms with E-state index < -0.39 is 17.3 Å². The van der Waals surface area contributed by atoms with E-state index >= 15 is 0 Å². The Labute approximate surface area is 147 Å². The number of aromatic amines is 1. The number of ether oxygens (including phenoxy) is 1. The predicted molar refractivity (Wildman–Crippen MR) is 92.9 cm³/mol. The molecule has 25 heavy (non-hydrogen) atoms. The van der Waals surface area contributed by atoms with Crippen LogP contribution in [0.25, 0.3) is 11.3 Å². The highest BCUT2D eigenvalue weighted by Gasteiger charge is 2.43. The van der Waals surface area contributed by atoms with Crippen molar-refractivity contribution in [3.8, 4) is 11.3 Å². The van der Waals surface area contributed by atoms with E-state index in [1.807, 2.05) is 20.8 Å². The maximum Gasteiger partial charge on any atom is 0.331 e. The molecule has 1 aromatic heterocycles. The summed E-state index contributed by atoms with van der Waals surface area (Å²) < 4.78 is 20.2. The summed E-state index contributed by atoms with van der Waals surface area (Å²) in [4.78, 5) is 12.7. The zero-order chi connectivity index (χ0) is 18.8. The van der Waals surface area contributed by atoms with Crippen LogP contribution in [-0.2, 0) is 15.1 Å². The number of carbonyl (C=O) groups is 1. The standard InChI is InChI=1S/C18H25FN4O2/c1-11(2)25-16(24)18(20,10-17(3,4)5)13-7-6-12(8-14(13)19)15-9-21-23-22-15/h6-9,11H,10,20H2,1-5H3,(H,21,22,23)/t18-/m1/s1. The largest absolute Gasteiger partial charge is 0.461 e. The first-order chi connectivity index (χ1) is 11.5. The first-order valence-electron chi connectivity index (χ1n) is 8.19. The summed E-state index contributed by atoms with van der Waals surface area (Å²) in [5.41, 5.74) is 5.71. The number of hydrogen-bond acceptors (Lipinski definition) is 5. The van der Waals surface area contributed by atoms with Gasteiger partial charge in [0.2, 0.25) is 0 Å². The minimum Gasteiger partial charge on any atom is -0.461 e. The Morgan fingerprint density at radius 3 is 2.52 bits per heavy atom.